The lowest BCUT2D eigenvalue weighted by molar-refractivity contribution is 0.102. The molecular weight excluding hydrogens is 382 g/mol. The molecule has 0 N–H and O–H groups in total. The molecule has 2 aromatic heterocycles. The Balaban J connectivity index is 1.59. The standard InChI is InChI=1S/C23H23N3O2S/c1-16-9-11-17(12-10-16)21(27)15-29-22-19-7-2-3-8-20(19)26(23(28)25-22)14-18-6-4-5-13-24-18/h4-6,9-13H,2-3,7-8,14-15H2,1H3. The third kappa shape index (κ3) is 4.48. The number of fused-ring (bicyclic) bond motifs is 1. The topological polar surface area (TPSA) is 64.8 Å². The largest absolute Gasteiger partial charge is 0.349 e. The van der Waals surface area contributed by atoms with Crippen molar-refractivity contribution in [3.8, 4) is 0 Å². The molecule has 0 atom stereocenters. The summed E-state index contributed by atoms with van der Waals surface area (Å²) in [7, 11) is 0. The second kappa shape index (κ2) is 8.74. The molecule has 2 heterocycles. The van der Waals surface area contributed by atoms with Crippen LogP contribution in [-0.4, -0.2) is 26.1 Å². The first-order chi connectivity index (χ1) is 14.1. The summed E-state index contributed by atoms with van der Waals surface area (Å²) in [6.45, 7) is 2.43. The molecule has 0 fully saturated rings. The van der Waals surface area contributed by atoms with E-state index in [1.807, 2.05) is 49.4 Å². The summed E-state index contributed by atoms with van der Waals surface area (Å²) in [6.07, 6.45) is 5.63. The number of carbonyl (C=O) groups excluding carboxylic acids is 1. The van der Waals surface area contributed by atoms with E-state index >= 15 is 0 Å². The number of nitrogens with zero attached hydrogens (tertiary/aromatic N) is 3. The van der Waals surface area contributed by atoms with Gasteiger partial charge in [-0.1, -0.05) is 47.7 Å². The molecule has 5 nitrogen and oxygen atoms in total. The molecule has 0 spiro atoms. The third-order valence-corrected chi connectivity index (χ3v) is 6.23. The molecule has 6 heteroatoms. The normalized spacial score (nSPS) is 13.1. The number of hydrogen-bond acceptors (Lipinski definition) is 5. The number of pyridine rings is 1. The summed E-state index contributed by atoms with van der Waals surface area (Å²) in [5.74, 6) is 0.339. The second-order valence-corrected chi connectivity index (χ2v) is 8.28. The first kappa shape index (κ1) is 19.6. The van der Waals surface area contributed by atoms with E-state index in [-0.39, 0.29) is 17.2 Å². The quantitative estimate of drug-likeness (QED) is 0.354. The Hall–Kier alpha value is -2.73. The van der Waals surface area contributed by atoms with Gasteiger partial charge in [0.1, 0.15) is 5.03 Å². The van der Waals surface area contributed by atoms with Gasteiger partial charge in [0.2, 0.25) is 0 Å². The van der Waals surface area contributed by atoms with Crippen molar-refractivity contribution in [3.05, 3.63) is 87.2 Å². The van der Waals surface area contributed by atoms with Crippen molar-refractivity contribution in [2.24, 2.45) is 0 Å². The van der Waals surface area contributed by atoms with E-state index in [0.717, 1.165) is 48.2 Å². The smallest absolute Gasteiger partial charge is 0.293 e. The maximum atomic E-state index is 12.8. The predicted octanol–water partition coefficient (Wildman–Crippen LogP) is 3.85. The number of ketones is 1. The number of rotatable bonds is 6. The summed E-state index contributed by atoms with van der Waals surface area (Å²) in [6, 6.07) is 13.3. The van der Waals surface area contributed by atoms with Crippen LogP contribution in [0.1, 0.15) is 45.7 Å². The molecule has 0 amide bonds. The molecule has 0 saturated carbocycles. The fourth-order valence-electron chi connectivity index (χ4n) is 3.64. The van der Waals surface area contributed by atoms with Crippen LogP contribution in [0.3, 0.4) is 0 Å². The highest BCUT2D eigenvalue weighted by Gasteiger charge is 2.21. The van der Waals surface area contributed by atoms with Crippen LogP contribution in [0.15, 0.2) is 58.5 Å². The van der Waals surface area contributed by atoms with Gasteiger partial charge >= 0.3 is 5.69 Å². The van der Waals surface area contributed by atoms with Crippen molar-refractivity contribution in [1.29, 1.82) is 0 Å². The van der Waals surface area contributed by atoms with E-state index in [4.69, 9.17) is 0 Å². The molecule has 0 bridgehead atoms. The minimum atomic E-state index is -0.262. The molecule has 0 saturated heterocycles. The van der Waals surface area contributed by atoms with Gasteiger partial charge in [0.25, 0.3) is 0 Å². The average Bonchev–Trinajstić information content (AvgIpc) is 2.75. The summed E-state index contributed by atoms with van der Waals surface area (Å²) in [5, 5.41) is 0.711. The number of thioether (sulfide) groups is 1. The summed E-state index contributed by atoms with van der Waals surface area (Å²) >= 11 is 1.38. The van der Waals surface area contributed by atoms with Gasteiger partial charge in [-0.15, -0.1) is 0 Å². The summed E-state index contributed by atoms with van der Waals surface area (Å²) < 4.78 is 1.75. The zero-order valence-corrected chi connectivity index (χ0v) is 17.2. The van der Waals surface area contributed by atoms with Crippen LogP contribution < -0.4 is 5.69 Å². The number of hydrogen-bond donors (Lipinski definition) is 0. The minimum Gasteiger partial charge on any atom is -0.293 e. The fourth-order valence-corrected chi connectivity index (χ4v) is 4.61. The second-order valence-electron chi connectivity index (χ2n) is 7.32. The number of aryl methyl sites for hydroxylation is 1. The molecule has 0 unspecified atom stereocenters. The lowest BCUT2D eigenvalue weighted by atomic mass is 9.97. The Morgan fingerprint density at radius 3 is 2.66 bits per heavy atom. The number of carbonyl (C=O) groups is 1. The van der Waals surface area contributed by atoms with Crippen LogP contribution >= 0.6 is 11.8 Å². The van der Waals surface area contributed by atoms with Crippen molar-refractivity contribution in [1.82, 2.24) is 14.5 Å². The number of Topliss-reactive ketones (excluding diaryl/α,β-unsaturated/α-hetero) is 1. The summed E-state index contributed by atoms with van der Waals surface area (Å²) in [5.41, 5.74) is 4.57. The molecule has 0 radical (unpaired) electrons. The highest BCUT2D eigenvalue weighted by atomic mass is 32.2. The van der Waals surface area contributed by atoms with Crippen LogP contribution in [0.2, 0.25) is 0 Å². The zero-order valence-electron chi connectivity index (χ0n) is 16.4. The third-order valence-electron chi connectivity index (χ3n) is 5.21. The van der Waals surface area contributed by atoms with Gasteiger partial charge in [0, 0.05) is 23.0 Å². The van der Waals surface area contributed by atoms with Crippen LogP contribution in [0.5, 0.6) is 0 Å². The fraction of sp³-hybridized carbons (Fsp3) is 0.304. The molecule has 3 aromatic rings. The van der Waals surface area contributed by atoms with Crippen molar-refractivity contribution in [2.45, 2.75) is 44.2 Å². The predicted molar refractivity (Wildman–Crippen MR) is 115 cm³/mol. The zero-order chi connectivity index (χ0) is 20.2. The van der Waals surface area contributed by atoms with Crippen molar-refractivity contribution in [3.63, 3.8) is 0 Å². The highest BCUT2D eigenvalue weighted by Crippen LogP contribution is 2.29. The molecule has 0 aliphatic heterocycles. The van der Waals surface area contributed by atoms with E-state index in [9.17, 15) is 9.59 Å². The molecule has 1 aliphatic rings. The molecule has 1 aliphatic carbocycles. The van der Waals surface area contributed by atoms with Gasteiger partial charge < -0.3 is 0 Å². The van der Waals surface area contributed by atoms with E-state index in [2.05, 4.69) is 9.97 Å². The number of benzene rings is 1. The Morgan fingerprint density at radius 1 is 1.10 bits per heavy atom. The average molecular weight is 406 g/mol. The molecule has 4 rings (SSSR count). The lowest BCUT2D eigenvalue weighted by Gasteiger charge is -2.22. The van der Waals surface area contributed by atoms with E-state index in [0.29, 0.717) is 17.1 Å². The SMILES string of the molecule is Cc1ccc(C(=O)CSc2nc(=O)n(Cc3ccccn3)c3c2CCCC3)cc1. The van der Waals surface area contributed by atoms with Gasteiger partial charge in [-0.05, 0) is 44.7 Å². The van der Waals surface area contributed by atoms with Crippen molar-refractivity contribution in [2.75, 3.05) is 5.75 Å². The minimum absolute atomic E-state index is 0.0547. The molecular formula is C23H23N3O2S. The Morgan fingerprint density at radius 2 is 1.90 bits per heavy atom. The van der Waals surface area contributed by atoms with Crippen LogP contribution in [0, 0.1) is 6.92 Å². The maximum absolute atomic E-state index is 12.8. The van der Waals surface area contributed by atoms with Crippen LogP contribution in [0.25, 0.3) is 0 Å². The molecule has 148 valence electrons. The van der Waals surface area contributed by atoms with E-state index in [1.165, 1.54) is 11.8 Å². The van der Waals surface area contributed by atoms with Crippen molar-refractivity contribution >= 4 is 17.5 Å². The lowest BCUT2D eigenvalue weighted by Crippen LogP contribution is -2.31. The monoisotopic (exact) mass is 405 g/mol. The van der Waals surface area contributed by atoms with Gasteiger partial charge in [-0.2, -0.15) is 4.98 Å². The van der Waals surface area contributed by atoms with E-state index in [1.54, 1.807) is 10.8 Å². The first-order valence-corrected chi connectivity index (χ1v) is 10.9. The number of aromatic nitrogens is 3. The Labute approximate surface area is 174 Å². The van der Waals surface area contributed by atoms with Crippen LogP contribution in [-0.2, 0) is 19.4 Å². The van der Waals surface area contributed by atoms with Crippen LogP contribution in [0.4, 0.5) is 0 Å². The van der Waals surface area contributed by atoms with Gasteiger partial charge in [-0.3, -0.25) is 14.3 Å². The Bertz CT molecular complexity index is 1080. The van der Waals surface area contributed by atoms with Gasteiger partial charge in [0.05, 0.1) is 18.0 Å². The molecule has 1 aromatic carbocycles. The van der Waals surface area contributed by atoms with E-state index < -0.39 is 0 Å². The van der Waals surface area contributed by atoms with Crippen molar-refractivity contribution < 1.29 is 4.79 Å². The Kier molecular flexibility index (Phi) is 5.90. The first-order valence-electron chi connectivity index (χ1n) is 9.87. The van der Waals surface area contributed by atoms with Gasteiger partial charge in [0.15, 0.2) is 5.78 Å². The highest BCUT2D eigenvalue weighted by molar-refractivity contribution is 8.00. The van der Waals surface area contributed by atoms with Gasteiger partial charge in [-0.25, -0.2) is 4.79 Å². The summed E-state index contributed by atoms with van der Waals surface area (Å²) in [4.78, 5) is 34.0. The maximum Gasteiger partial charge on any atom is 0.349 e. The molecule has 29 heavy (non-hydrogen) atoms.